The summed E-state index contributed by atoms with van der Waals surface area (Å²) in [5.41, 5.74) is 4.48. The molecular weight excluding hydrogens is 465 g/mol. The number of hydrogen-bond donors (Lipinski definition) is 2. The van der Waals surface area contributed by atoms with E-state index in [0.717, 1.165) is 35.9 Å². The number of nitrogens with zero attached hydrogens (tertiary/aromatic N) is 3. The Labute approximate surface area is 186 Å². The van der Waals surface area contributed by atoms with Crippen LogP contribution < -0.4 is 15.4 Å². The third kappa shape index (κ3) is 7.00. The first-order valence-corrected chi connectivity index (χ1v) is 9.42. The number of nitrogens with one attached hydrogen (secondary N) is 2. The molecule has 28 heavy (non-hydrogen) atoms. The molecule has 0 saturated carbocycles. The second-order valence-electron chi connectivity index (χ2n) is 7.70. The van der Waals surface area contributed by atoms with E-state index in [-0.39, 0.29) is 29.6 Å². The molecule has 0 spiro atoms. The molecular formula is C21H34IN5O. The van der Waals surface area contributed by atoms with Crippen molar-refractivity contribution in [2.75, 3.05) is 13.6 Å². The topological polar surface area (TPSA) is 63.5 Å². The molecule has 1 aromatic carbocycles. The van der Waals surface area contributed by atoms with Crippen molar-refractivity contribution in [3.63, 3.8) is 0 Å². The number of halogens is 1. The van der Waals surface area contributed by atoms with E-state index >= 15 is 0 Å². The van der Waals surface area contributed by atoms with E-state index in [0.29, 0.717) is 6.54 Å². The van der Waals surface area contributed by atoms with Gasteiger partial charge in [0.2, 0.25) is 0 Å². The highest BCUT2D eigenvalue weighted by atomic mass is 127. The number of aromatic nitrogens is 2. The monoisotopic (exact) mass is 499 g/mol. The summed E-state index contributed by atoms with van der Waals surface area (Å²) in [6.07, 6.45) is 0.913. The Kier molecular flexibility index (Phi) is 9.26. The molecule has 6 nitrogen and oxygen atoms in total. The zero-order valence-electron chi connectivity index (χ0n) is 18.1. The van der Waals surface area contributed by atoms with Gasteiger partial charge in [0, 0.05) is 38.4 Å². The van der Waals surface area contributed by atoms with Crippen LogP contribution in [0.2, 0.25) is 0 Å². The quantitative estimate of drug-likeness (QED) is 0.361. The van der Waals surface area contributed by atoms with Crippen LogP contribution in [-0.4, -0.2) is 34.9 Å². The van der Waals surface area contributed by atoms with Crippen molar-refractivity contribution in [2.24, 2.45) is 12.0 Å². The molecule has 0 saturated heterocycles. The molecule has 0 aliphatic rings. The lowest BCUT2D eigenvalue weighted by Crippen LogP contribution is -2.38. The van der Waals surface area contributed by atoms with Crippen molar-refractivity contribution >= 4 is 29.9 Å². The Morgan fingerprint density at radius 2 is 1.86 bits per heavy atom. The van der Waals surface area contributed by atoms with Gasteiger partial charge in [0.1, 0.15) is 11.4 Å². The van der Waals surface area contributed by atoms with Crippen molar-refractivity contribution in [3.05, 3.63) is 46.8 Å². The molecule has 0 unspecified atom stereocenters. The van der Waals surface area contributed by atoms with Crippen molar-refractivity contribution in [2.45, 2.75) is 53.2 Å². The highest BCUT2D eigenvalue weighted by molar-refractivity contribution is 14.0. The van der Waals surface area contributed by atoms with Crippen LogP contribution in [0.15, 0.2) is 29.3 Å². The summed E-state index contributed by atoms with van der Waals surface area (Å²) >= 11 is 0. The Morgan fingerprint density at radius 3 is 2.43 bits per heavy atom. The van der Waals surface area contributed by atoms with Crippen LogP contribution in [0.5, 0.6) is 5.75 Å². The van der Waals surface area contributed by atoms with E-state index in [4.69, 9.17) is 4.74 Å². The van der Waals surface area contributed by atoms with Gasteiger partial charge in [-0.25, -0.2) is 0 Å². The van der Waals surface area contributed by atoms with E-state index in [1.807, 2.05) is 29.9 Å². The Morgan fingerprint density at radius 1 is 1.18 bits per heavy atom. The van der Waals surface area contributed by atoms with Gasteiger partial charge in [0.05, 0.1) is 5.69 Å². The van der Waals surface area contributed by atoms with Gasteiger partial charge in [-0.15, -0.1) is 24.0 Å². The number of hydrogen-bond acceptors (Lipinski definition) is 3. The Hall–Kier alpha value is -1.77. The van der Waals surface area contributed by atoms with E-state index < -0.39 is 0 Å². The predicted octanol–water partition coefficient (Wildman–Crippen LogP) is 3.74. The van der Waals surface area contributed by atoms with Gasteiger partial charge in [-0.2, -0.15) is 5.10 Å². The summed E-state index contributed by atoms with van der Waals surface area (Å²) < 4.78 is 7.99. The lowest BCUT2D eigenvalue weighted by molar-refractivity contribution is 0.129. The number of aryl methyl sites for hydroxylation is 2. The minimum absolute atomic E-state index is 0. The van der Waals surface area contributed by atoms with Crippen molar-refractivity contribution in [3.8, 4) is 5.75 Å². The predicted molar refractivity (Wildman–Crippen MR) is 127 cm³/mol. The maximum absolute atomic E-state index is 6.06. The van der Waals surface area contributed by atoms with Crippen molar-refractivity contribution in [1.29, 1.82) is 0 Å². The van der Waals surface area contributed by atoms with Crippen LogP contribution in [-0.2, 0) is 20.0 Å². The molecule has 0 aliphatic carbocycles. The average Bonchev–Trinajstić information content (AvgIpc) is 2.83. The van der Waals surface area contributed by atoms with E-state index in [2.05, 4.69) is 61.4 Å². The third-order valence-electron chi connectivity index (χ3n) is 4.38. The van der Waals surface area contributed by atoms with Gasteiger partial charge in [0.15, 0.2) is 5.96 Å². The Balaban J connectivity index is 0.00000392. The molecule has 0 atom stereocenters. The molecule has 0 amide bonds. The van der Waals surface area contributed by atoms with Crippen LogP contribution in [0.25, 0.3) is 0 Å². The van der Waals surface area contributed by atoms with Gasteiger partial charge < -0.3 is 15.4 Å². The molecule has 0 bridgehead atoms. The molecule has 0 fully saturated rings. The molecule has 1 aromatic heterocycles. The van der Waals surface area contributed by atoms with E-state index in [1.54, 1.807) is 7.05 Å². The second-order valence-corrected chi connectivity index (χ2v) is 7.70. The fourth-order valence-corrected chi connectivity index (χ4v) is 2.96. The number of ether oxygens (including phenoxy) is 1. The zero-order chi connectivity index (χ0) is 20.0. The Bertz CT molecular complexity index is 793. The molecule has 2 N–H and O–H groups in total. The lowest BCUT2D eigenvalue weighted by Gasteiger charge is -2.23. The van der Waals surface area contributed by atoms with Gasteiger partial charge in [-0.3, -0.25) is 9.67 Å². The summed E-state index contributed by atoms with van der Waals surface area (Å²) in [7, 11) is 3.77. The van der Waals surface area contributed by atoms with Crippen LogP contribution in [0, 0.1) is 13.8 Å². The first-order valence-electron chi connectivity index (χ1n) is 9.42. The van der Waals surface area contributed by atoms with Gasteiger partial charge >= 0.3 is 0 Å². The zero-order valence-corrected chi connectivity index (χ0v) is 20.4. The average molecular weight is 499 g/mol. The SMILES string of the molecule is CN=C(NCCc1c(C)nn(C)c1C)NCc1ccccc1OC(C)(C)C.I. The second kappa shape index (κ2) is 10.7. The van der Waals surface area contributed by atoms with Gasteiger partial charge in [-0.1, -0.05) is 18.2 Å². The number of guanidine groups is 1. The van der Waals surface area contributed by atoms with Gasteiger partial charge in [0.25, 0.3) is 0 Å². The largest absolute Gasteiger partial charge is 0.488 e. The molecule has 2 aromatic rings. The number of rotatable bonds is 6. The number of para-hydroxylation sites is 1. The van der Waals surface area contributed by atoms with Crippen LogP contribution in [0.3, 0.4) is 0 Å². The number of aliphatic imine (C=N–C) groups is 1. The molecule has 156 valence electrons. The van der Waals surface area contributed by atoms with Crippen molar-refractivity contribution in [1.82, 2.24) is 20.4 Å². The molecule has 0 radical (unpaired) electrons. The fourth-order valence-electron chi connectivity index (χ4n) is 2.96. The third-order valence-corrected chi connectivity index (χ3v) is 4.38. The highest BCUT2D eigenvalue weighted by Gasteiger charge is 2.14. The van der Waals surface area contributed by atoms with Crippen LogP contribution >= 0.6 is 24.0 Å². The van der Waals surface area contributed by atoms with Crippen LogP contribution in [0.4, 0.5) is 0 Å². The van der Waals surface area contributed by atoms with Gasteiger partial charge in [-0.05, 0) is 52.7 Å². The fraction of sp³-hybridized carbons (Fsp3) is 0.524. The van der Waals surface area contributed by atoms with Crippen LogP contribution in [0.1, 0.15) is 43.3 Å². The standard InChI is InChI=1S/C21H33N5O.HI/c1-15-18(16(2)26(7)25-15)12-13-23-20(22-6)24-14-17-10-8-9-11-19(17)27-21(3,4)5;/h8-11H,12-14H2,1-7H3,(H2,22,23,24);1H. The normalized spacial score (nSPS) is 11.8. The first kappa shape index (κ1) is 24.3. The summed E-state index contributed by atoms with van der Waals surface area (Å²) in [6, 6.07) is 8.10. The summed E-state index contributed by atoms with van der Waals surface area (Å²) in [6.45, 7) is 11.8. The first-order chi connectivity index (χ1) is 12.7. The lowest BCUT2D eigenvalue weighted by atomic mass is 10.1. The van der Waals surface area contributed by atoms with E-state index in [9.17, 15) is 0 Å². The molecule has 7 heteroatoms. The minimum Gasteiger partial charge on any atom is -0.488 e. The maximum Gasteiger partial charge on any atom is 0.191 e. The summed E-state index contributed by atoms with van der Waals surface area (Å²) in [4.78, 5) is 4.32. The molecule has 1 heterocycles. The molecule has 2 rings (SSSR count). The minimum atomic E-state index is -0.227. The number of benzene rings is 1. The van der Waals surface area contributed by atoms with E-state index in [1.165, 1.54) is 11.3 Å². The van der Waals surface area contributed by atoms with Crippen molar-refractivity contribution < 1.29 is 4.74 Å². The smallest absolute Gasteiger partial charge is 0.191 e. The molecule has 0 aliphatic heterocycles. The highest BCUT2D eigenvalue weighted by Crippen LogP contribution is 2.22. The summed E-state index contributed by atoms with van der Waals surface area (Å²) in [5, 5.41) is 11.2. The summed E-state index contributed by atoms with van der Waals surface area (Å²) in [5.74, 6) is 1.68. The maximum atomic E-state index is 6.06.